The zero-order valence-electron chi connectivity index (χ0n) is 27.6. The molecule has 0 saturated carbocycles. The predicted octanol–water partition coefficient (Wildman–Crippen LogP) is 2.63. The summed E-state index contributed by atoms with van der Waals surface area (Å²) in [6.45, 7) is 1.47. The van der Waals surface area contributed by atoms with Crippen molar-refractivity contribution in [1.29, 1.82) is 0 Å². The molecule has 52 heavy (non-hydrogen) atoms. The van der Waals surface area contributed by atoms with E-state index >= 15 is 0 Å². The van der Waals surface area contributed by atoms with Gasteiger partial charge in [-0.15, -0.1) is 0 Å². The Morgan fingerprint density at radius 2 is 0.865 bits per heavy atom. The first-order valence-corrected chi connectivity index (χ1v) is 15.2. The Morgan fingerprint density at radius 1 is 0.519 bits per heavy atom. The Bertz CT molecular complexity index is 2400. The van der Waals surface area contributed by atoms with Gasteiger partial charge in [-0.2, -0.15) is 0 Å². The fraction of sp³-hybridized carbons (Fsp3) is 0.176. The number of hydrogen-bond donors (Lipinski definition) is 8. The Kier molecular flexibility index (Phi) is 8.59. The summed E-state index contributed by atoms with van der Waals surface area (Å²) in [6, 6.07) is 4.74. The Labute approximate surface area is 290 Å². The van der Waals surface area contributed by atoms with Gasteiger partial charge >= 0.3 is 11.9 Å². The summed E-state index contributed by atoms with van der Waals surface area (Å²) in [5, 5.41) is 73.6. The molecular weight excluding hydrogens is 684 g/mol. The van der Waals surface area contributed by atoms with Crippen LogP contribution >= 0.6 is 0 Å². The first kappa shape index (κ1) is 34.6. The van der Waals surface area contributed by atoms with Gasteiger partial charge in [0.05, 0.1) is 36.5 Å². The van der Waals surface area contributed by atoms with E-state index in [-0.39, 0.29) is 55.4 Å². The fourth-order valence-corrected chi connectivity index (χ4v) is 5.77. The summed E-state index contributed by atoms with van der Waals surface area (Å²) in [4.78, 5) is 66.8. The molecule has 0 aliphatic heterocycles. The number of benzene rings is 4. The van der Waals surface area contributed by atoms with E-state index < -0.39 is 93.5 Å². The lowest BCUT2D eigenvalue weighted by atomic mass is 9.93. The zero-order valence-corrected chi connectivity index (χ0v) is 27.6. The highest BCUT2D eigenvalue weighted by Gasteiger charge is 2.32. The molecule has 0 aliphatic rings. The van der Waals surface area contributed by atoms with Crippen molar-refractivity contribution in [2.24, 2.45) is 0 Å². The molecule has 0 aliphatic carbocycles. The second-order valence-electron chi connectivity index (χ2n) is 11.4. The van der Waals surface area contributed by atoms with Crippen LogP contribution in [0.1, 0.15) is 45.7 Å². The molecule has 2 heterocycles. The van der Waals surface area contributed by atoms with Crippen LogP contribution < -0.4 is 10.6 Å². The SMILES string of the molecule is COC(=O)c1ccc(O)c2nc3c(CNC(C)=O)c(O)c(-c4c(O)c(CNC(C)=O)c5nc6c(O)ccc(C(=O)OC)c6nc5c4O)c(O)c3nc12. The number of hydrogen-bond acceptors (Lipinski definition) is 16. The van der Waals surface area contributed by atoms with Gasteiger partial charge in [-0.1, -0.05) is 0 Å². The zero-order chi connectivity index (χ0) is 37.8. The van der Waals surface area contributed by atoms with Crippen molar-refractivity contribution in [3.05, 3.63) is 46.5 Å². The average molecular weight is 713 g/mol. The maximum atomic E-state index is 12.6. The van der Waals surface area contributed by atoms with E-state index in [1.165, 1.54) is 26.0 Å². The Hall–Kier alpha value is -7.24. The topological polar surface area (TPSA) is 284 Å². The molecule has 6 aromatic rings. The number of amides is 2. The molecule has 2 amide bonds. The molecule has 18 heteroatoms. The smallest absolute Gasteiger partial charge is 0.340 e. The van der Waals surface area contributed by atoms with Crippen molar-refractivity contribution >= 4 is 67.9 Å². The largest absolute Gasteiger partial charge is 0.507 e. The summed E-state index contributed by atoms with van der Waals surface area (Å²) < 4.78 is 9.66. The number of carbonyl (C=O) groups excluding carboxylic acids is 4. The minimum Gasteiger partial charge on any atom is -0.507 e. The van der Waals surface area contributed by atoms with Gasteiger partial charge in [-0.3, -0.25) is 9.59 Å². The number of aromatic nitrogens is 4. The molecule has 4 aromatic carbocycles. The van der Waals surface area contributed by atoms with Crippen LogP contribution in [0.3, 0.4) is 0 Å². The van der Waals surface area contributed by atoms with Crippen molar-refractivity contribution in [3.63, 3.8) is 0 Å². The number of nitrogens with one attached hydrogen (secondary N) is 2. The second-order valence-corrected chi connectivity index (χ2v) is 11.4. The number of esters is 2. The van der Waals surface area contributed by atoms with Gasteiger partial charge in [0.15, 0.2) is 11.5 Å². The maximum Gasteiger partial charge on any atom is 0.340 e. The van der Waals surface area contributed by atoms with Crippen LogP contribution in [0.25, 0.3) is 55.3 Å². The first-order valence-electron chi connectivity index (χ1n) is 15.2. The minimum atomic E-state index is -0.898. The molecule has 0 bridgehead atoms. The van der Waals surface area contributed by atoms with Crippen LogP contribution in [0.15, 0.2) is 24.3 Å². The van der Waals surface area contributed by atoms with E-state index in [1.54, 1.807) is 0 Å². The molecule has 0 radical (unpaired) electrons. The number of carbonyl (C=O) groups is 4. The standard InChI is InChI=1S/C34H28N6O12/c1-11(41)35-9-15-23-27(39-21-13(33(49)51-3)5-7-17(43)25(21)37-23)31(47)19(29(15)45)20-30(46)16(10-36-12(2)42)24-28(32(20)48)40-22-14(34(50)52-4)6-8-18(44)26(22)38-24/h5-8,43-48H,9-10H2,1-4H3,(H,35,41)(H,36,42). The third-order valence-corrected chi connectivity index (χ3v) is 8.23. The summed E-state index contributed by atoms with van der Waals surface area (Å²) in [5.41, 5.74) is -4.32. The number of ether oxygens (including phenoxy) is 2. The van der Waals surface area contributed by atoms with Gasteiger partial charge in [-0.25, -0.2) is 29.5 Å². The summed E-state index contributed by atoms with van der Waals surface area (Å²) >= 11 is 0. The maximum absolute atomic E-state index is 12.6. The lowest BCUT2D eigenvalue weighted by Crippen LogP contribution is -2.20. The van der Waals surface area contributed by atoms with Gasteiger partial charge in [0.25, 0.3) is 0 Å². The van der Waals surface area contributed by atoms with Gasteiger partial charge in [0.1, 0.15) is 67.1 Å². The molecule has 2 aromatic heterocycles. The summed E-state index contributed by atoms with van der Waals surface area (Å²) in [5.74, 6) is -7.14. The van der Waals surface area contributed by atoms with Gasteiger partial charge in [0, 0.05) is 38.1 Å². The van der Waals surface area contributed by atoms with E-state index in [4.69, 9.17) is 9.47 Å². The molecule has 8 N–H and O–H groups in total. The number of nitrogens with zero attached hydrogens (tertiary/aromatic N) is 4. The van der Waals surface area contributed by atoms with E-state index in [1.807, 2.05) is 0 Å². The monoisotopic (exact) mass is 712 g/mol. The van der Waals surface area contributed by atoms with Crippen LogP contribution in [-0.4, -0.2) is 88.5 Å². The van der Waals surface area contributed by atoms with Crippen molar-refractivity contribution in [2.45, 2.75) is 26.9 Å². The highest BCUT2D eigenvalue weighted by atomic mass is 16.5. The average Bonchev–Trinajstić information content (AvgIpc) is 3.11. The number of phenols is 6. The Morgan fingerprint density at radius 3 is 1.19 bits per heavy atom. The van der Waals surface area contributed by atoms with Gasteiger partial charge in [-0.05, 0) is 24.3 Å². The number of phenolic OH excluding ortho intramolecular Hbond substituents is 6. The number of fused-ring (bicyclic) bond motifs is 4. The van der Waals surface area contributed by atoms with Gasteiger partial charge < -0.3 is 50.7 Å². The molecule has 0 unspecified atom stereocenters. The fourth-order valence-electron chi connectivity index (χ4n) is 5.77. The van der Waals surface area contributed by atoms with Crippen LogP contribution in [0.5, 0.6) is 34.5 Å². The molecule has 0 saturated heterocycles. The van der Waals surface area contributed by atoms with Crippen LogP contribution in [0, 0.1) is 0 Å². The molecule has 266 valence electrons. The van der Waals surface area contributed by atoms with Crippen LogP contribution in [-0.2, 0) is 32.2 Å². The number of aromatic hydroxyl groups is 6. The second kappa shape index (κ2) is 12.9. The van der Waals surface area contributed by atoms with Crippen molar-refractivity contribution in [1.82, 2.24) is 30.6 Å². The van der Waals surface area contributed by atoms with E-state index in [0.717, 1.165) is 26.4 Å². The normalized spacial score (nSPS) is 11.2. The van der Waals surface area contributed by atoms with Crippen LogP contribution in [0.4, 0.5) is 0 Å². The minimum absolute atomic E-state index is 0.164. The quantitative estimate of drug-likeness (QED) is 0.0872. The highest BCUT2D eigenvalue weighted by Crippen LogP contribution is 2.54. The summed E-state index contributed by atoms with van der Waals surface area (Å²) in [7, 11) is 2.22. The molecule has 18 nitrogen and oxygen atoms in total. The van der Waals surface area contributed by atoms with Crippen molar-refractivity contribution in [2.75, 3.05) is 14.2 Å². The number of rotatable bonds is 7. The van der Waals surface area contributed by atoms with Gasteiger partial charge in [0.2, 0.25) is 11.8 Å². The molecule has 0 fully saturated rings. The molecular formula is C34H28N6O12. The van der Waals surface area contributed by atoms with Crippen molar-refractivity contribution < 1.29 is 59.3 Å². The summed E-state index contributed by atoms with van der Waals surface area (Å²) in [6.07, 6.45) is 0. The number of methoxy groups -OCH3 is 2. The van der Waals surface area contributed by atoms with E-state index in [9.17, 15) is 49.8 Å². The molecule has 0 spiro atoms. The first-order chi connectivity index (χ1) is 24.7. The lowest BCUT2D eigenvalue weighted by Gasteiger charge is -2.20. The highest BCUT2D eigenvalue weighted by molar-refractivity contribution is 6.11. The third-order valence-electron chi connectivity index (χ3n) is 8.23. The Balaban J connectivity index is 1.80. The molecule has 0 atom stereocenters. The van der Waals surface area contributed by atoms with Crippen molar-refractivity contribution in [3.8, 4) is 45.6 Å². The van der Waals surface area contributed by atoms with E-state index in [0.29, 0.717) is 0 Å². The third kappa shape index (κ3) is 5.47. The predicted molar refractivity (Wildman–Crippen MR) is 181 cm³/mol. The lowest BCUT2D eigenvalue weighted by molar-refractivity contribution is -0.120. The van der Waals surface area contributed by atoms with E-state index in [2.05, 4.69) is 30.6 Å². The molecule has 6 rings (SSSR count). The van der Waals surface area contributed by atoms with Crippen LogP contribution in [0.2, 0.25) is 0 Å².